The van der Waals surface area contributed by atoms with Gasteiger partial charge in [0.05, 0.1) is 19.1 Å². The molecule has 24 heavy (non-hydrogen) atoms. The third-order valence-electron chi connectivity index (χ3n) is 5.30. The third-order valence-corrected chi connectivity index (χ3v) is 5.30. The zero-order chi connectivity index (χ0) is 16.8. The van der Waals surface area contributed by atoms with Crippen LogP contribution in [0.4, 0.5) is 0 Å². The van der Waals surface area contributed by atoms with Crippen LogP contribution < -0.4 is 0 Å². The van der Waals surface area contributed by atoms with Crippen LogP contribution in [0.1, 0.15) is 37.7 Å². The van der Waals surface area contributed by atoms with Gasteiger partial charge >= 0.3 is 0 Å². The summed E-state index contributed by atoms with van der Waals surface area (Å²) in [6.45, 7) is 8.19. The van der Waals surface area contributed by atoms with Crippen molar-refractivity contribution < 1.29 is 9.53 Å². The van der Waals surface area contributed by atoms with Gasteiger partial charge in [0.1, 0.15) is 0 Å². The predicted molar refractivity (Wildman–Crippen MR) is 96.0 cm³/mol. The average Bonchev–Trinajstić information content (AvgIpc) is 2.67. The fraction of sp³-hybridized carbons (Fsp3) is 0.650. The molecule has 0 aromatic heterocycles. The maximum atomic E-state index is 13.0. The summed E-state index contributed by atoms with van der Waals surface area (Å²) in [5, 5.41) is 0. The molecule has 0 radical (unpaired) electrons. The quantitative estimate of drug-likeness (QED) is 0.832. The smallest absolute Gasteiger partial charge is 0.227 e. The topological polar surface area (TPSA) is 32.8 Å². The van der Waals surface area contributed by atoms with Gasteiger partial charge in [-0.15, -0.1) is 0 Å². The number of likely N-dealkylation sites (tertiary alicyclic amines) is 1. The SMILES string of the molecule is CCCCN1CC(C(=O)N2CCOCC2)CC(c2ccccc2)C1. The molecule has 4 nitrogen and oxygen atoms in total. The Hall–Kier alpha value is -1.39. The lowest BCUT2D eigenvalue weighted by molar-refractivity contribution is -0.141. The summed E-state index contributed by atoms with van der Waals surface area (Å²) in [5.41, 5.74) is 1.37. The van der Waals surface area contributed by atoms with Crippen LogP contribution in [-0.4, -0.2) is 61.6 Å². The summed E-state index contributed by atoms with van der Waals surface area (Å²) in [6.07, 6.45) is 3.39. The highest BCUT2D eigenvalue weighted by molar-refractivity contribution is 5.79. The molecule has 2 atom stereocenters. The van der Waals surface area contributed by atoms with E-state index in [-0.39, 0.29) is 5.92 Å². The van der Waals surface area contributed by atoms with Crippen molar-refractivity contribution in [1.82, 2.24) is 9.80 Å². The second kappa shape index (κ2) is 8.63. The number of hydrogen-bond acceptors (Lipinski definition) is 3. The fourth-order valence-electron chi connectivity index (χ4n) is 3.94. The minimum absolute atomic E-state index is 0.124. The van der Waals surface area contributed by atoms with Gasteiger partial charge in [-0.25, -0.2) is 0 Å². The molecule has 4 heteroatoms. The average molecular weight is 330 g/mol. The fourth-order valence-corrected chi connectivity index (χ4v) is 3.94. The lowest BCUT2D eigenvalue weighted by Gasteiger charge is -2.40. The zero-order valence-corrected chi connectivity index (χ0v) is 14.8. The van der Waals surface area contributed by atoms with Crippen molar-refractivity contribution in [2.75, 3.05) is 45.9 Å². The van der Waals surface area contributed by atoms with E-state index in [1.807, 2.05) is 4.90 Å². The number of benzene rings is 1. The molecule has 1 amide bonds. The molecule has 0 saturated carbocycles. The van der Waals surface area contributed by atoms with E-state index in [4.69, 9.17) is 4.74 Å². The number of hydrogen-bond donors (Lipinski definition) is 0. The Kier molecular flexibility index (Phi) is 6.27. The van der Waals surface area contributed by atoms with Gasteiger partial charge in [0.2, 0.25) is 5.91 Å². The Morgan fingerprint density at radius 2 is 1.92 bits per heavy atom. The molecule has 2 aliphatic heterocycles. The van der Waals surface area contributed by atoms with Gasteiger partial charge in [-0.2, -0.15) is 0 Å². The van der Waals surface area contributed by atoms with Crippen LogP contribution in [0.5, 0.6) is 0 Å². The molecule has 0 spiro atoms. The maximum Gasteiger partial charge on any atom is 0.227 e. The number of amides is 1. The molecule has 0 N–H and O–H groups in total. The zero-order valence-electron chi connectivity index (χ0n) is 14.8. The molecule has 3 rings (SSSR count). The second-order valence-corrected chi connectivity index (χ2v) is 7.09. The van der Waals surface area contributed by atoms with Crippen molar-refractivity contribution in [2.45, 2.75) is 32.1 Å². The van der Waals surface area contributed by atoms with E-state index in [1.165, 1.54) is 18.4 Å². The van der Waals surface area contributed by atoms with Crippen LogP contribution in [0.25, 0.3) is 0 Å². The first-order chi connectivity index (χ1) is 11.8. The predicted octanol–water partition coefficient (Wildman–Crippen LogP) is 2.75. The van der Waals surface area contributed by atoms with Crippen molar-refractivity contribution in [2.24, 2.45) is 5.92 Å². The lowest BCUT2D eigenvalue weighted by atomic mass is 9.83. The summed E-state index contributed by atoms with van der Waals surface area (Å²) in [4.78, 5) is 17.5. The maximum absolute atomic E-state index is 13.0. The molecule has 2 aliphatic rings. The number of ether oxygens (including phenoxy) is 1. The standard InChI is InChI=1S/C20H30N2O2/c1-2-3-9-21-15-18(17-7-5-4-6-8-17)14-19(16-21)20(23)22-10-12-24-13-11-22/h4-8,18-19H,2-3,9-16H2,1H3. The normalized spacial score (nSPS) is 25.6. The number of nitrogens with zero attached hydrogens (tertiary/aromatic N) is 2. The van der Waals surface area contributed by atoms with Crippen molar-refractivity contribution in [3.8, 4) is 0 Å². The Balaban J connectivity index is 1.71. The van der Waals surface area contributed by atoms with Crippen molar-refractivity contribution in [1.29, 1.82) is 0 Å². The first kappa shape index (κ1) is 17.4. The van der Waals surface area contributed by atoms with Crippen molar-refractivity contribution in [3.05, 3.63) is 35.9 Å². The highest BCUT2D eigenvalue weighted by Crippen LogP contribution is 2.31. The van der Waals surface area contributed by atoms with Crippen LogP contribution in [0.2, 0.25) is 0 Å². The van der Waals surface area contributed by atoms with Gasteiger partial charge in [0.25, 0.3) is 0 Å². The molecule has 1 aromatic carbocycles. The summed E-state index contributed by atoms with van der Waals surface area (Å²) in [6, 6.07) is 10.7. The van der Waals surface area contributed by atoms with E-state index < -0.39 is 0 Å². The molecule has 2 unspecified atom stereocenters. The van der Waals surface area contributed by atoms with E-state index in [0.29, 0.717) is 25.0 Å². The van der Waals surface area contributed by atoms with Gasteiger partial charge in [-0.1, -0.05) is 43.7 Å². The molecule has 2 fully saturated rings. The van der Waals surface area contributed by atoms with Crippen LogP contribution >= 0.6 is 0 Å². The number of piperidine rings is 1. The van der Waals surface area contributed by atoms with Crippen LogP contribution in [0.15, 0.2) is 30.3 Å². The number of morpholine rings is 1. The van der Waals surface area contributed by atoms with E-state index in [9.17, 15) is 4.79 Å². The van der Waals surface area contributed by atoms with Crippen LogP contribution in [-0.2, 0) is 9.53 Å². The van der Waals surface area contributed by atoms with Gasteiger partial charge in [0, 0.05) is 26.2 Å². The molecule has 132 valence electrons. The summed E-state index contributed by atoms with van der Waals surface area (Å²) < 4.78 is 5.40. The summed E-state index contributed by atoms with van der Waals surface area (Å²) in [5.74, 6) is 0.922. The minimum atomic E-state index is 0.124. The Labute approximate surface area is 145 Å². The molecular formula is C20H30N2O2. The van der Waals surface area contributed by atoms with E-state index in [2.05, 4.69) is 42.2 Å². The second-order valence-electron chi connectivity index (χ2n) is 7.09. The summed E-state index contributed by atoms with van der Waals surface area (Å²) in [7, 11) is 0. The Morgan fingerprint density at radius 3 is 2.62 bits per heavy atom. The van der Waals surface area contributed by atoms with E-state index >= 15 is 0 Å². The van der Waals surface area contributed by atoms with Gasteiger partial charge in [-0.3, -0.25) is 4.79 Å². The molecule has 0 aliphatic carbocycles. The van der Waals surface area contributed by atoms with Gasteiger partial charge in [-0.05, 0) is 30.9 Å². The number of rotatable bonds is 5. The molecule has 0 bridgehead atoms. The molecule has 2 heterocycles. The minimum Gasteiger partial charge on any atom is -0.378 e. The summed E-state index contributed by atoms with van der Waals surface area (Å²) >= 11 is 0. The number of carbonyl (C=O) groups excluding carboxylic acids is 1. The van der Waals surface area contributed by atoms with E-state index in [0.717, 1.165) is 39.1 Å². The Morgan fingerprint density at radius 1 is 1.17 bits per heavy atom. The highest BCUT2D eigenvalue weighted by Gasteiger charge is 2.34. The van der Waals surface area contributed by atoms with Crippen LogP contribution in [0.3, 0.4) is 0 Å². The number of carbonyl (C=O) groups is 1. The first-order valence-electron chi connectivity index (χ1n) is 9.41. The lowest BCUT2D eigenvalue weighted by Crippen LogP contribution is -2.50. The largest absolute Gasteiger partial charge is 0.378 e. The van der Waals surface area contributed by atoms with Crippen molar-refractivity contribution >= 4 is 5.91 Å². The van der Waals surface area contributed by atoms with Crippen molar-refractivity contribution in [3.63, 3.8) is 0 Å². The van der Waals surface area contributed by atoms with Gasteiger partial charge in [0.15, 0.2) is 0 Å². The first-order valence-corrected chi connectivity index (χ1v) is 9.41. The van der Waals surface area contributed by atoms with E-state index in [1.54, 1.807) is 0 Å². The molecular weight excluding hydrogens is 300 g/mol. The Bertz CT molecular complexity index is 514. The van der Waals surface area contributed by atoms with Crippen LogP contribution in [0, 0.1) is 5.92 Å². The molecule has 2 saturated heterocycles. The molecule has 1 aromatic rings. The van der Waals surface area contributed by atoms with Gasteiger partial charge < -0.3 is 14.5 Å². The highest BCUT2D eigenvalue weighted by atomic mass is 16.5. The monoisotopic (exact) mass is 330 g/mol. The number of unbranched alkanes of at least 4 members (excludes halogenated alkanes) is 1. The third kappa shape index (κ3) is 4.37.